The summed E-state index contributed by atoms with van der Waals surface area (Å²) in [6.07, 6.45) is 1.75. The second kappa shape index (κ2) is 9.12. The normalized spacial score (nSPS) is 19.0. The number of carbonyl (C=O) groups is 3. The van der Waals surface area contributed by atoms with Crippen molar-refractivity contribution < 1.29 is 18.8 Å². The van der Waals surface area contributed by atoms with Crippen molar-refractivity contribution in [2.75, 3.05) is 19.6 Å². The smallest absolute Gasteiger partial charge is 0.325 e. The van der Waals surface area contributed by atoms with Crippen LogP contribution in [0.3, 0.4) is 0 Å². The van der Waals surface area contributed by atoms with Gasteiger partial charge in [0.15, 0.2) is 5.54 Å². The molecule has 0 spiro atoms. The molecule has 1 unspecified atom stereocenters. The molecule has 1 saturated heterocycles. The Hall–Kier alpha value is -2.83. The number of hydrogen-bond acceptors (Lipinski definition) is 4. The van der Waals surface area contributed by atoms with Crippen LogP contribution in [-0.2, 0) is 15.1 Å². The van der Waals surface area contributed by atoms with Crippen molar-refractivity contribution in [3.63, 3.8) is 0 Å². The average Bonchev–Trinajstić information content (AvgIpc) is 3.23. The van der Waals surface area contributed by atoms with Gasteiger partial charge in [0, 0.05) is 18.5 Å². The molecule has 168 valence electrons. The number of benzene rings is 1. The number of urea groups is 1. The fourth-order valence-electron chi connectivity index (χ4n) is 3.66. The van der Waals surface area contributed by atoms with Gasteiger partial charge in [-0.3, -0.25) is 14.5 Å². The zero-order valence-corrected chi connectivity index (χ0v) is 19.1. The predicted molar refractivity (Wildman–Crippen MR) is 119 cm³/mol. The Labute approximate surface area is 183 Å². The largest absolute Gasteiger partial charge is 0.458 e. The van der Waals surface area contributed by atoms with E-state index >= 15 is 0 Å². The van der Waals surface area contributed by atoms with Crippen LogP contribution in [0.25, 0.3) is 11.0 Å². The molecule has 31 heavy (non-hydrogen) atoms. The second-order valence-corrected chi connectivity index (χ2v) is 9.34. The van der Waals surface area contributed by atoms with E-state index in [-0.39, 0.29) is 12.5 Å². The molecule has 0 saturated carbocycles. The summed E-state index contributed by atoms with van der Waals surface area (Å²) in [7, 11) is 0. The number of imide groups is 1. The summed E-state index contributed by atoms with van der Waals surface area (Å²) >= 11 is 0. The van der Waals surface area contributed by atoms with Gasteiger partial charge < -0.3 is 14.6 Å². The molecule has 1 N–H and O–H groups in total. The lowest BCUT2D eigenvalue weighted by atomic mass is 9.99. The number of para-hydroxylation sites is 1. The van der Waals surface area contributed by atoms with Gasteiger partial charge in [0.05, 0.1) is 0 Å². The van der Waals surface area contributed by atoms with Gasteiger partial charge in [-0.05, 0) is 43.7 Å². The summed E-state index contributed by atoms with van der Waals surface area (Å²) in [5.74, 6) is 0.597. The molecule has 0 bridgehead atoms. The number of amides is 4. The van der Waals surface area contributed by atoms with Crippen LogP contribution in [0.15, 0.2) is 34.7 Å². The van der Waals surface area contributed by atoms with Crippen LogP contribution in [0.1, 0.15) is 53.2 Å². The first-order valence-corrected chi connectivity index (χ1v) is 11.0. The zero-order chi connectivity index (χ0) is 22.8. The third kappa shape index (κ3) is 4.92. The maximum absolute atomic E-state index is 13.2. The van der Waals surface area contributed by atoms with E-state index in [1.165, 1.54) is 0 Å². The molecule has 1 aliphatic rings. The number of nitrogens with one attached hydrogen (secondary N) is 1. The highest BCUT2D eigenvalue weighted by molar-refractivity contribution is 6.09. The molecule has 2 aromatic rings. The molecule has 1 aliphatic heterocycles. The zero-order valence-electron chi connectivity index (χ0n) is 19.1. The molecule has 2 heterocycles. The van der Waals surface area contributed by atoms with Gasteiger partial charge in [-0.25, -0.2) is 4.79 Å². The summed E-state index contributed by atoms with van der Waals surface area (Å²) < 4.78 is 5.85. The van der Waals surface area contributed by atoms with Gasteiger partial charge in [0.2, 0.25) is 5.91 Å². The van der Waals surface area contributed by atoms with E-state index in [4.69, 9.17) is 4.42 Å². The van der Waals surface area contributed by atoms with Gasteiger partial charge in [-0.15, -0.1) is 0 Å². The Bertz CT molecular complexity index is 920. The Morgan fingerprint density at radius 1 is 1.10 bits per heavy atom. The van der Waals surface area contributed by atoms with E-state index in [2.05, 4.69) is 33.0 Å². The fourth-order valence-corrected chi connectivity index (χ4v) is 3.66. The van der Waals surface area contributed by atoms with E-state index in [1.807, 2.05) is 24.3 Å². The van der Waals surface area contributed by atoms with Crippen molar-refractivity contribution in [2.45, 2.75) is 53.0 Å². The molecule has 7 nitrogen and oxygen atoms in total. The molecule has 1 fully saturated rings. The third-order valence-corrected chi connectivity index (χ3v) is 5.79. The Kier molecular flexibility index (Phi) is 6.72. The molecule has 4 amide bonds. The summed E-state index contributed by atoms with van der Waals surface area (Å²) in [6.45, 7) is 11.0. The molecule has 1 aromatic heterocycles. The average molecular weight is 428 g/mol. The van der Waals surface area contributed by atoms with Crippen molar-refractivity contribution in [2.24, 2.45) is 11.8 Å². The molecule has 1 atom stereocenters. The maximum atomic E-state index is 13.2. The SMILES string of the molecule is CC(C)CCN(CCC(C)C)C(=O)CN1C(=O)NC(C)(c2cc3ccccc3o2)C1=O. The van der Waals surface area contributed by atoms with Crippen LogP contribution in [-0.4, -0.2) is 47.3 Å². The maximum Gasteiger partial charge on any atom is 0.325 e. The molecule has 1 aromatic carbocycles. The van der Waals surface area contributed by atoms with Gasteiger partial charge in [0.25, 0.3) is 5.91 Å². The van der Waals surface area contributed by atoms with Gasteiger partial charge in [-0.2, -0.15) is 0 Å². The Morgan fingerprint density at radius 3 is 2.29 bits per heavy atom. The number of furan rings is 1. The highest BCUT2D eigenvalue weighted by Gasteiger charge is 2.51. The van der Waals surface area contributed by atoms with Crippen LogP contribution >= 0.6 is 0 Å². The molecular formula is C24H33N3O4. The summed E-state index contributed by atoms with van der Waals surface area (Å²) in [5, 5.41) is 3.58. The molecular weight excluding hydrogens is 394 g/mol. The van der Waals surface area contributed by atoms with Crippen LogP contribution in [0.4, 0.5) is 4.79 Å². The van der Waals surface area contributed by atoms with Crippen molar-refractivity contribution in [3.05, 3.63) is 36.1 Å². The monoisotopic (exact) mass is 427 g/mol. The minimum atomic E-state index is -1.34. The molecule has 7 heteroatoms. The van der Waals surface area contributed by atoms with Crippen LogP contribution in [0, 0.1) is 11.8 Å². The topological polar surface area (TPSA) is 82.9 Å². The predicted octanol–water partition coefficient (Wildman–Crippen LogP) is 4.12. The lowest BCUT2D eigenvalue weighted by Crippen LogP contribution is -2.45. The van der Waals surface area contributed by atoms with Crippen molar-refractivity contribution >= 4 is 28.8 Å². The third-order valence-electron chi connectivity index (χ3n) is 5.79. The van der Waals surface area contributed by atoms with Gasteiger partial charge >= 0.3 is 6.03 Å². The first kappa shape index (κ1) is 22.8. The van der Waals surface area contributed by atoms with Crippen molar-refractivity contribution in [3.8, 4) is 0 Å². The highest BCUT2D eigenvalue weighted by atomic mass is 16.3. The van der Waals surface area contributed by atoms with Gasteiger partial charge in [0.1, 0.15) is 17.9 Å². The lowest BCUT2D eigenvalue weighted by molar-refractivity contribution is -0.139. The Morgan fingerprint density at radius 2 is 1.71 bits per heavy atom. The first-order valence-electron chi connectivity index (χ1n) is 11.0. The van der Waals surface area contributed by atoms with E-state index in [0.717, 1.165) is 23.1 Å². The van der Waals surface area contributed by atoms with E-state index in [9.17, 15) is 14.4 Å². The fraction of sp³-hybridized carbons (Fsp3) is 0.542. The van der Waals surface area contributed by atoms with Crippen molar-refractivity contribution in [1.29, 1.82) is 0 Å². The first-order chi connectivity index (χ1) is 14.6. The van der Waals surface area contributed by atoms with Crippen molar-refractivity contribution in [1.82, 2.24) is 15.1 Å². The lowest BCUT2D eigenvalue weighted by Gasteiger charge is -2.26. The minimum absolute atomic E-state index is 0.210. The van der Waals surface area contributed by atoms with Crippen LogP contribution in [0.2, 0.25) is 0 Å². The molecule has 3 rings (SSSR count). The number of carbonyl (C=O) groups excluding carboxylic acids is 3. The van der Waals surface area contributed by atoms with E-state index in [0.29, 0.717) is 36.3 Å². The number of fused-ring (bicyclic) bond motifs is 1. The quantitative estimate of drug-likeness (QED) is 0.610. The van der Waals surface area contributed by atoms with Crippen LogP contribution in [0.5, 0.6) is 0 Å². The second-order valence-electron chi connectivity index (χ2n) is 9.34. The van der Waals surface area contributed by atoms with E-state index in [1.54, 1.807) is 17.9 Å². The standard InChI is InChI=1S/C24H33N3O4/c1-16(2)10-12-26(13-11-17(3)4)21(28)15-27-22(29)24(5,25-23(27)30)20-14-18-8-6-7-9-19(18)31-20/h6-9,14,16-17H,10-13,15H2,1-5H3,(H,25,30). The number of nitrogens with zero attached hydrogens (tertiary/aromatic N) is 2. The summed E-state index contributed by atoms with van der Waals surface area (Å²) in [6, 6.07) is 8.61. The number of hydrogen-bond donors (Lipinski definition) is 1. The Balaban J connectivity index is 1.76. The summed E-state index contributed by atoms with van der Waals surface area (Å²) in [4.78, 5) is 41.7. The van der Waals surface area contributed by atoms with Gasteiger partial charge in [-0.1, -0.05) is 45.9 Å². The number of rotatable bonds is 9. The minimum Gasteiger partial charge on any atom is -0.458 e. The summed E-state index contributed by atoms with van der Waals surface area (Å²) in [5.41, 5.74) is -0.694. The molecule has 0 radical (unpaired) electrons. The van der Waals surface area contributed by atoms with E-state index < -0.39 is 17.5 Å². The molecule has 0 aliphatic carbocycles. The highest BCUT2D eigenvalue weighted by Crippen LogP contribution is 2.33. The van der Waals surface area contributed by atoms with Crippen LogP contribution < -0.4 is 5.32 Å².